The highest BCUT2D eigenvalue weighted by Crippen LogP contribution is 2.33. The molecule has 0 bridgehead atoms. The van der Waals surface area contributed by atoms with Crippen molar-refractivity contribution >= 4 is 35.6 Å². The van der Waals surface area contributed by atoms with Crippen molar-refractivity contribution in [2.24, 2.45) is 5.92 Å². The molecule has 2 aromatic rings. The molecule has 2 heterocycles. The average Bonchev–Trinajstić information content (AvgIpc) is 3.26. The summed E-state index contributed by atoms with van der Waals surface area (Å²) in [4.78, 5) is 25.2. The Morgan fingerprint density at radius 2 is 1.83 bits per heavy atom. The Morgan fingerprint density at radius 1 is 1.03 bits per heavy atom. The second-order valence-electron chi connectivity index (χ2n) is 7.30. The SMILES string of the molecule is Cl.O=C(CCC1CCNC1)Nc1ccccc1C(=O)Nc1ccc2c(c1)OCCO2. The molecule has 2 aliphatic heterocycles. The van der Waals surface area contributed by atoms with Crippen molar-refractivity contribution in [2.45, 2.75) is 19.3 Å². The van der Waals surface area contributed by atoms with E-state index in [1.165, 1.54) is 0 Å². The molecule has 1 atom stereocenters. The number of halogens is 1. The number of para-hydroxylation sites is 1. The van der Waals surface area contributed by atoms with Gasteiger partial charge in [-0.15, -0.1) is 12.4 Å². The Hall–Kier alpha value is -2.77. The Bertz CT molecular complexity index is 900. The summed E-state index contributed by atoms with van der Waals surface area (Å²) in [6, 6.07) is 12.3. The normalized spacial score (nSPS) is 17.0. The number of carbonyl (C=O) groups excluding carboxylic acids is 2. The summed E-state index contributed by atoms with van der Waals surface area (Å²) in [6.45, 7) is 3.00. The van der Waals surface area contributed by atoms with E-state index in [-0.39, 0.29) is 24.2 Å². The van der Waals surface area contributed by atoms with Crippen molar-refractivity contribution in [1.29, 1.82) is 0 Å². The molecule has 4 rings (SSSR count). The Balaban J connectivity index is 0.00000256. The molecule has 1 unspecified atom stereocenters. The fourth-order valence-corrected chi connectivity index (χ4v) is 3.62. The number of hydrogen-bond donors (Lipinski definition) is 3. The Morgan fingerprint density at radius 3 is 2.63 bits per heavy atom. The van der Waals surface area contributed by atoms with Crippen LogP contribution in [0.3, 0.4) is 0 Å². The van der Waals surface area contributed by atoms with Gasteiger partial charge in [0.2, 0.25) is 5.91 Å². The highest BCUT2D eigenvalue weighted by atomic mass is 35.5. The van der Waals surface area contributed by atoms with E-state index >= 15 is 0 Å². The van der Waals surface area contributed by atoms with Crippen molar-refractivity contribution in [2.75, 3.05) is 36.9 Å². The number of ether oxygens (including phenoxy) is 2. The average molecular weight is 432 g/mol. The molecule has 2 aromatic carbocycles. The number of anilines is 2. The van der Waals surface area contributed by atoms with Gasteiger partial charge in [0.25, 0.3) is 5.91 Å². The van der Waals surface area contributed by atoms with Crippen LogP contribution in [0.15, 0.2) is 42.5 Å². The van der Waals surface area contributed by atoms with Gasteiger partial charge < -0.3 is 25.4 Å². The van der Waals surface area contributed by atoms with Crippen LogP contribution in [0, 0.1) is 5.92 Å². The van der Waals surface area contributed by atoms with Crippen LogP contribution < -0.4 is 25.4 Å². The summed E-state index contributed by atoms with van der Waals surface area (Å²) in [6.07, 6.45) is 2.41. The summed E-state index contributed by atoms with van der Waals surface area (Å²) in [5.41, 5.74) is 1.53. The minimum absolute atomic E-state index is 0. The molecule has 1 saturated heterocycles. The lowest BCUT2D eigenvalue weighted by Crippen LogP contribution is -2.19. The Labute approximate surface area is 181 Å². The van der Waals surface area contributed by atoms with Crippen molar-refractivity contribution < 1.29 is 19.1 Å². The number of fused-ring (bicyclic) bond motifs is 1. The van der Waals surface area contributed by atoms with Gasteiger partial charge in [-0.1, -0.05) is 12.1 Å². The second-order valence-corrected chi connectivity index (χ2v) is 7.30. The van der Waals surface area contributed by atoms with Crippen molar-refractivity contribution in [3.63, 3.8) is 0 Å². The highest BCUT2D eigenvalue weighted by molar-refractivity contribution is 6.10. The van der Waals surface area contributed by atoms with E-state index in [9.17, 15) is 9.59 Å². The van der Waals surface area contributed by atoms with Gasteiger partial charge in [0.1, 0.15) is 13.2 Å². The third-order valence-corrected chi connectivity index (χ3v) is 5.19. The van der Waals surface area contributed by atoms with Crippen LogP contribution in [0.2, 0.25) is 0 Å². The smallest absolute Gasteiger partial charge is 0.257 e. The first-order chi connectivity index (χ1) is 14.2. The quantitative estimate of drug-likeness (QED) is 0.651. The first kappa shape index (κ1) is 21.9. The molecule has 7 nitrogen and oxygen atoms in total. The molecule has 2 amide bonds. The molecule has 8 heteroatoms. The van der Waals surface area contributed by atoms with E-state index < -0.39 is 0 Å². The lowest BCUT2D eigenvalue weighted by Gasteiger charge is -2.19. The monoisotopic (exact) mass is 431 g/mol. The molecule has 160 valence electrons. The fraction of sp³-hybridized carbons (Fsp3) is 0.364. The number of benzene rings is 2. The van der Waals surface area contributed by atoms with E-state index in [4.69, 9.17) is 9.47 Å². The van der Waals surface area contributed by atoms with Crippen LogP contribution in [0.4, 0.5) is 11.4 Å². The van der Waals surface area contributed by atoms with Crippen LogP contribution in [-0.2, 0) is 4.79 Å². The third kappa shape index (κ3) is 5.43. The van der Waals surface area contributed by atoms with Gasteiger partial charge >= 0.3 is 0 Å². The highest BCUT2D eigenvalue weighted by Gasteiger charge is 2.18. The maximum Gasteiger partial charge on any atom is 0.257 e. The molecule has 0 radical (unpaired) electrons. The molecule has 0 spiro atoms. The van der Waals surface area contributed by atoms with E-state index in [1.807, 2.05) is 0 Å². The minimum Gasteiger partial charge on any atom is -0.486 e. The topological polar surface area (TPSA) is 88.7 Å². The fourth-order valence-electron chi connectivity index (χ4n) is 3.62. The molecule has 30 heavy (non-hydrogen) atoms. The van der Waals surface area contributed by atoms with Crippen LogP contribution in [0.5, 0.6) is 11.5 Å². The van der Waals surface area contributed by atoms with Gasteiger partial charge in [-0.05, 0) is 56.1 Å². The summed E-state index contributed by atoms with van der Waals surface area (Å²) < 4.78 is 11.1. The maximum absolute atomic E-state index is 12.8. The van der Waals surface area contributed by atoms with Crippen LogP contribution in [-0.4, -0.2) is 38.1 Å². The summed E-state index contributed by atoms with van der Waals surface area (Å²) in [5.74, 6) is 1.46. The number of nitrogens with one attached hydrogen (secondary N) is 3. The van der Waals surface area contributed by atoms with Gasteiger partial charge in [0, 0.05) is 18.2 Å². The maximum atomic E-state index is 12.8. The largest absolute Gasteiger partial charge is 0.486 e. The zero-order valence-corrected chi connectivity index (χ0v) is 17.4. The van der Waals surface area contributed by atoms with E-state index in [2.05, 4.69) is 16.0 Å². The first-order valence-electron chi connectivity index (χ1n) is 9.99. The predicted octanol–water partition coefficient (Wildman–Crippen LogP) is 3.46. The minimum atomic E-state index is -0.294. The number of hydrogen-bond acceptors (Lipinski definition) is 5. The summed E-state index contributed by atoms with van der Waals surface area (Å²) >= 11 is 0. The Kier molecular flexibility index (Phi) is 7.54. The van der Waals surface area contributed by atoms with Crippen LogP contribution in [0.25, 0.3) is 0 Å². The molecule has 0 saturated carbocycles. The first-order valence-corrected chi connectivity index (χ1v) is 9.99. The van der Waals surface area contributed by atoms with Crippen LogP contribution in [0.1, 0.15) is 29.6 Å². The molecule has 2 aliphatic rings. The van der Waals surface area contributed by atoms with E-state index in [0.717, 1.165) is 25.9 Å². The van der Waals surface area contributed by atoms with Crippen molar-refractivity contribution in [3.05, 3.63) is 48.0 Å². The number of amides is 2. The van der Waals surface area contributed by atoms with Gasteiger partial charge in [-0.25, -0.2) is 0 Å². The predicted molar refractivity (Wildman–Crippen MR) is 118 cm³/mol. The second kappa shape index (κ2) is 10.3. The zero-order valence-electron chi connectivity index (χ0n) is 16.6. The molecule has 1 fully saturated rings. The lowest BCUT2D eigenvalue weighted by atomic mass is 10.0. The van der Waals surface area contributed by atoms with E-state index in [0.29, 0.717) is 54.0 Å². The molecule has 3 N–H and O–H groups in total. The molecule has 0 aliphatic carbocycles. The van der Waals surface area contributed by atoms with Gasteiger partial charge in [-0.2, -0.15) is 0 Å². The number of carbonyl (C=O) groups is 2. The van der Waals surface area contributed by atoms with Crippen LogP contribution >= 0.6 is 12.4 Å². The van der Waals surface area contributed by atoms with Crippen molar-refractivity contribution in [3.8, 4) is 11.5 Å². The number of rotatable bonds is 6. The van der Waals surface area contributed by atoms with Gasteiger partial charge in [0.15, 0.2) is 11.5 Å². The zero-order chi connectivity index (χ0) is 20.1. The third-order valence-electron chi connectivity index (χ3n) is 5.19. The molecular formula is C22H26ClN3O4. The van der Waals surface area contributed by atoms with Gasteiger partial charge in [0.05, 0.1) is 11.3 Å². The summed E-state index contributed by atoms with van der Waals surface area (Å²) in [5, 5.41) is 9.06. The lowest BCUT2D eigenvalue weighted by molar-refractivity contribution is -0.116. The summed E-state index contributed by atoms with van der Waals surface area (Å²) in [7, 11) is 0. The van der Waals surface area contributed by atoms with Crippen molar-refractivity contribution in [1.82, 2.24) is 5.32 Å². The van der Waals surface area contributed by atoms with E-state index in [1.54, 1.807) is 42.5 Å². The molecule has 0 aromatic heterocycles. The van der Waals surface area contributed by atoms with Gasteiger partial charge in [-0.3, -0.25) is 9.59 Å². The standard InChI is InChI=1S/C22H25N3O4.ClH/c26-21(8-5-15-9-10-23-14-15)25-18-4-2-1-3-17(18)22(27)24-16-6-7-19-20(13-16)29-12-11-28-19;/h1-4,6-7,13,15,23H,5,8-12,14H2,(H,24,27)(H,25,26);1H. The molecular weight excluding hydrogens is 406 g/mol.